The van der Waals surface area contributed by atoms with Gasteiger partial charge in [-0.2, -0.15) is 5.26 Å². The molecule has 0 radical (unpaired) electrons. The molecular weight excluding hydrogens is 278 g/mol. The lowest BCUT2D eigenvalue weighted by atomic mass is 9.40. The molecule has 3 N–H and O–H groups in total. The fraction of sp³-hybridized carbons (Fsp3) is 0.765. The van der Waals surface area contributed by atoms with Crippen LogP contribution in [0, 0.1) is 28.6 Å². The molecule has 7 atom stereocenters. The summed E-state index contributed by atoms with van der Waals surface area (Å²) in [6.07, 6.45) is 7.34. The van der Waals surface area contributed by atoms with Crippen molar-refractivity contribution in [1.29, 1.82) is 5.26 Å². The van der Waals surface area contributed by atoms with Gasteiger partial charge in [0.25, 0.3) is 0 Å². The van der Waals surface area contributed by atoms with E-state index in [1.165, 1.54) is 0 Å². The first-order valence-electron chi connectivity index (χ1n) is 8.39. The van der Waals surface area contributed by atoms with Gasteiger partial charge in [0, 0.05) is 11.5 Å². The molecule has 22 heavy (non-hydrogen) atoms. The monoisotopic (exact) mass is 299 g/mol. The predicted octanol–water partition coefficient (Wildman–Crippen LogP) is 0.688. The zero-order chi connectivity index (χ0) is 15.3. The Kier molecular flexibility index (Phi) is 2.23. The van der Waals surface area contributed by atoms with Gasteiger partial charge >= 0.3 is 0 Å². The molecule has 116 valence electrons. The molecule has 5 heteroatoms. The van der Waals surface area contributed by atoms with E-state index in [9.17, 15) is 15.2 Å². The average Bonchev–Trinajstić information content (AvgIpc) is 3.15. The van der Waals surface area contributed by atoms with Crippen molar-refractivity contribution in [3.63, 3.8) is 0 Å². The number of nitrogens with zero attached hydrogens (tertiary/aromatic N) is 2. The quantitative estimate of drug-likeness (QED) is 0.734. The molecule has 4 fully saturated rings. The Balaban J connectivity index is 1.45. The standard InChI is InChI=1S/C17H21N3O2/c18-7-11-3-10-4-12(10)20(11)15(21)14(19)16-5-9-1-2-13(16)17(22,6-9)8-16/h2,9-12,14,22H,1,3-6,8,19H2. The Morgan fingerprint density at radius 2 is 2.32 bits per heavy atom. The summed E-state index contributed by atoms with van der Waals surface area (Å²) in [5.74, 6) is 0.903. The molecule has 0 aromatic rings. The van der Waals surface area contributed by atoms with E-state index >= 15 is 0 Å². The SMILES string of the molecule is N#CC1CC2CC2N1C(=O)C(N)C12CC3CC=C1C(O)(C3)C2. The average molecular weight is 299 g/mol. The van der Waals surface area contributed by atoms with Crippen LogP contribution in [0.25, 0.3) is 0 Å². The number of nitriles is 1. The number of aliphatic hydroxyl groups is 1. The molecule has 6 rings (SSSR count). The van der Waals surface area contributed by atoms with Crippen LogP contribution < -0.4 is 5.73 Å². The summed E-state index contributed by atoms with van der Waals surface area (Å²) in [5.41, 5.74) is 6.42. The Bertz CT molecular complexity index is 653. The van der Waals surface area contributed by atoms with E-state index in [0.29, 0.717) is 18.3 Å². The number of likely N-dealkylation sites (tertiary alicyclic amines) is 1. The number of allylic oxidation sites excluding steroid dienone is 1. The highest BCUT2D eigenvalue weighted by atomic mass is 16.3. The second kappa shape index (κ2) is 3.74. The van der Waals surface area contributed by atoms with Crippen molar-refractivity contribution in [2.24, 2.45) is 23.0 Å². The molecule has 5 nitrogen and oxygen atoms in total. The fourth-order valence-corrected chi connectivity index (χ4v) is 6.03. The number of hydrogen-bond donors (Lipinski definition) is 2. The van der Waals surface area contributed by atoms with Gasteiger partial charge in [-0.25, -0.2) is 0 Å². The van der Waals surface area contributed by atoms with Gasteiger partial charge in [0.1, 0.15) is 6.04 Å². The lowest BCUT2D eigenvalue weighted by molar-refractivity contribution is -0.157. The number of nitrogens with two attached hydrogens (primary N) is 1. The number of fused-ring (bicyclic) bond motifs is 2. The highest BCUT2D eigenvalue weighted by molar-refractivity contribution is 5.86. The molecule has 0 aromatic carbocycles. The first-order valence-corrected chi connectivity index (χ1v) is 8.39. The fourth-order valence-electron chi connectivity index (χ4n) is 6.03. The number of hydrogen-bond acceptors (Lipinski definition) is 4. The minimum absolute atomic E-state index is 0.0629. The van der Waals surface area contributed by atoms with Crippen LogP contribution in [0.15, 0.2) is 11.6 Å². The summed E-state index contributed by atoms with van der Waals surface area (Å²) in [6, 6.07) is 1.61. The Labute approximate surface area is 129 Å². The molecule has 1 aliphatic heterocycles. The van der Waals surface area contributed by atoms with E-state index in [-0.39, 0.29) is 23.4 Å². The van der Waals surface area contributed by atoms with Crippen LogP contribution >= 0.6 is 0 Å². The molecule has 1 saturated heterocycles. The van der Waals surface area contributed by atoms with E-state index in [4.69, 9.17) is 5.73 Å². The Hall–Kier alpha value is -1.38. The molecule has 0 aromatic heterocycles. The number of rotatable bonds is 2. The van der Waals surface area contributed by atoms with Crippen molar-refractivity contribution in [3.8, 4) is 6.07 Å². The minimum Gasteiger partial charge on any atom is -0.385 e. The van der Waals surface area contributed by atoms with Crippen molar-refractivity contribution >= 4 is 5.91 Å². The third-order valence-electron chi connectivity index (χ3n) is 6.95. The number of piperidine rings is 1. The number of carbonyl (C=O) groups is 1. The van der Waals surface area contributed by atoms with Gasteiger partial charge in [-0.05, 0) is 55.9 Å². The molecule has 5 aliphatic carbocycles. The molecular formula is C17H21N3O2. The molecule has 3 saturated carbocycles. The summed E-state index contributed by atoms with van der Waals surface area (Å²) in [7, 11) is 0. The normalized spacial score (nSPS) is 51.5. The van der Waals surface area contributed by atoms with E-state index in [1.807, 2.05) is 0 Å². The van der Waals surface area contributed by atoms with E-state index in [2.05, 4.69) is 12.1 Å². The van der Waals surface area contributed by atoms with Gasteiger partial charge in [-0.1, -0.05) is 6.08 Å². The van der Waals surface area contributed by atoms with Crippen molar-refractivity contribution < 1.29 is 9.90 Å². The lowest BCUT2D eigenvalue weighted by Crippen LogP contribution is -2.71. The summed E-state index contributed by atoms with van der Waals surface area (Å²) < 4.78 is 0. The Morgan fingerprint density at radius 3 is 3.00 bits per heavy atom. The maximum Gasteiger partial charge on any atom is 0.241 e. The highest BCUT2D eigenvalue weighted by Crippen LogP contribution is 2.68. The van der Waals surface area contributed by atoms with Crippen LogP contribution in [-0.2, 0) is 4.79 Å². The molecule has 1 heterocycles. The second-order valence-corrected chi connectivity index (χ2v) is 8.16. The highest BCUT2D eigenvalue weighted by Gasteiger charge is 2.69. The van der Waals surface area contributed by atoms with E-state index < -0.39 is 11.6 Å². The van der Waals surface area contributed by atoms with Gasteiger partial charge in [0.2, 0.25) is 5.91 Å². The van der Waals surface area contributed by atoms with E-state index in [1.54, 1.807) is 4.90 Å². The predicted molar refractivity (Wildman–Crippen MR) is 78.2 cm³/mol. The van der Waals surface area contributed by atoms with Crippen molar-refractivity contribution in [3.05, 3.63) is 11.6 Å². The molecule has 7 unspecified atom stereocenters. The van der Waals surface area contributed by atoms with Crippen LogP contribution in [0.1, 0.15) is 38.5 Å². The maximum absolute atomic E-state index is 13.0. The molecule has 4 bridgehead atoms. The first kappa shape index (κ1) is 13.1. The van der Waals surface area contributed by atoms with Crippen LogP contribution in [0.4, 0.5) is 0 Å². The van der Waals surface area contributed by atoms with Crippen LogP contribution in [0.5, 0.6) is 0 Å². The first-order chi connectivity index (χ1) is 10.5. The third kappa shape index (κ3) is 1.34. The zero-order valence-electron chi connectivity index (χ0n) is 12.5. The lowest BCUT2D eigenvalue weighted by Gasteiger charge is -2.66. The van der Waals surface area contributed by atoms with Crippen molar-refractivity contribution in [2.75, 3.05) is 0 Å². The summed E-state index contributed by atoms with van der Waals surface area (Å²) in [5, 5.41) is 19.9. The number of carbonyl (C=O) groups excluding carboxylic acids is 1. The van der Waals surface area contributed by atoms with Crippen LogP contribution in [0.3, 0.4) is 0 Å². The minimum atomic E-state index is -0.694. The maximum atomic E-state index is 13.0. The largest absolute Gasteiger partial charge is 0.385 e. The molecule has 0 spiro atoms. The molecule has 6 aliphatic rings. The topological polar surface area (TPSA) is 90.4 Å². The van der Waals surface area contributed by atoms with Crippen molar-refractivity contribution in [2.45, 2.75) is 62.3 Å². The summed E-state index contributed by atoms with van der Waals surface area (Å²) >= 11 is 0. The van der Waals surface area contributed by atoms with Crippen molar-refractivity contribution in [1.82, 2.24) is 4.90 Å². The van der Waals surface area contributed by atoms with Crippen LogP contribution in [0.2, 0.25) is 0 Å². The van der Waals surface area contributed by atoms with Gasteiger partial charge in [0.15, 0.2) is 0 Å². The molecule has 1 amide bonds. The van der Waals surface area contributed by atoms with Gasteiger partial charge in [0.05, 0.1) is 17.7 Å². The van der Waals surface area contributed by atoms with E-state index in [0.717, 1.165) is 37.7 Å². The zero-order valence-corrected chi connectivity index (χ0v) is 12.5. The smallest absolute Gasteiger partial charge is 0.241 e. The van der Waals surface area contributed by atoms with Gasteiger partial charge < -0.3 is 15.7 Å². The Morgan fingerprint density at radius 1 is 1.50 bits per heavy atom. The third-order valence-corrected chi connectivity index (χ3v) is 6.95. The summed E-state index contributed by atoms with van der Waals surface area (Å²) in [6.45, 7) is 0. The second-order valence-electron chi connectivity index (χ2n) is 8.16. The summed E-state index contributed by atoms with van der Waals surface area (Å²) in [4.78, 5) is 14.8. The van der Waals surface area contributed by atoms with Crippen LogP contribution in [-0.4, -0.2) is 39.6 Å². The van der Waals surface area contributed by atoms with Gasteiger partial charge in [-0.15, -0.1) is 0 Å². The van der Waals surface area contributed by atoms with Gasteiger partial charge in [-0.3, -0.25) is 4.79 Å². The number of amides is 1.